The average Bonchev–Trinajstić information content (AvgIpc) is 2.82. The molecule has 2 rings (SSSR count). The van der Waals surface area contributed by atoms with Crippen LogP contribution in [0.5, 0.6) is 5.88 Å². The minimum atomic E-state index is 0.407. The Labute approximate surface area is 105 Å². The second kappa shape index (κ2) is 5.70. The maximum atomic E-state index is 5.28. The van der Waals surface area contributed by atoms with Crippen molar-refractivity contribution in [2.24, 2.45) is 0 Å². The van der Waals surface area contributed by atoms with E-state index in [1.807, 2.05) is 25.2 Å². The number of hydrogen-bond acceptors (Lipinski definition) is 4. The number of pyridine rings is 1. The van der Waals surface area contributed by atoms with Gasteiger partial charge in [0, 0.05) is 18.8 Å². The number of nitrogens with zero attached hydrogens (tertiary/aromatic N) is 2. The summed E-state index contributed by atoms with van der Waals surface area (Å²) in [4.78, 5) is 6.18. The first-order chi connectivity index (χ1) is 8.28. The Balaban J connectivity index is 1.91. The van der Waals surface area contributed by atoms with E-state index in [9.17, 15) is 0 Å². The molecule has 0 radical (unpaired) electrons. The van der Waals surface area contributed by atoms with Crippen molar-refractivity contribution in [2.75, 3.05) is 7.05 Å². The number of furan rings is 1. The lowest BCUT2D eigenvalue weighted by molar-refractivity contribution is 0.287. The van der Waals surface area contributed by atoms with Crippen LogP contribution in [0.25, 0.3) is 0 Å². The Bertz CT molecular complexity index is 442. The Morgan fingerprint density at radius 1 is 1.35 bits per heavy atom. The topological polar surface area (TPSA) is 38.5 Å². The van der Waals surface area contributed by atoms with Crippen LogP contribution in [0.1, 0.15) is 11.3 Å². The summed E-state index contributed by atoms with van der Waals surface area (Å²) < 4.78 is 9.78. The highest BCUT2D eigenvalue weighted by molar-refractivity contribution is 6.08. The molecule has 2 aromatic rings. The van der Waals surface area contributed by atoms with Crippen LogP contribution in [0.2, 0.25) is 0 Å². The second-order valence-electron chi connectivity index (χ2n) is 3.83. The number of aromatic nitrogens is 1. The van der Waals surface area contributed by atoms with Crippen molar-refractivity contribution in [3.8, 4) is 5.88 Å². The van der Waals surface area contributed by atoms with Gasteiger partial charge in [0.2, 0.25) is 5.88 Å². The van der Waals surface area contributed by atoms with E-state index < -0.39 is 0 Å². The van der Waals surface area contributed by atoms with Crippen molar-refractivity contribution in [3.05, 3.63) is 48.0 Å². The van der Waals surface area contributed by atoms with Crippen molar-refractivity contribution in [1.29, 1.82) is 0 Å². The Hall–Kier alpha value is -1.52. The van der Waals surface area contributed by atoms with E-state index >= 15 is 0 Å². The van der Waals surface area contributed by atoms with Gasteiger partial charge in [0.15, 0.2) is 0 Å². The molecule has 0 N–H and O–H groups in total. The van der Waals surface area contributed by atoms with Crippen molar-refractivity contribution < 1.29 is 8.71 Å². The molecular formula is C12H13ClN2O2. The minimum absolute atomic E-state index is 0.407. The molecular weight excluding hydrogens is 240 g/mol. The zero-order valence-corrected chi connectivity index (χ0v) is 10.2. The molecule has 4 nitrogen and oxygen atoms in total. The molecule has 17 heavy (non-hydrogen) atoms. The quantitative estimate of drug-likeness (QED) is 0.820. The lowest BCUT2D eigenvalue weighted by atomic mass is 10.2. The largest absolute Gasteiger partial charge is 0.468 e. The predicted molar refractivity (Wildman–Crippen MR) is 64.6 cm³/mol. The Morgan fingerprint density at radius 3 is 2.82 bits per heavy atom. The van der Waals surface area contributed by atoms with Crippen molar-refractivity contribution >= 4 is 11.9 Å². The maximum absolute atomic E-state index is 5.28. The Morgan fingerprint density at radius 2 is 2.24 bits per heavy atom. The van der Waals surface area contributed by atoms with Crippen LogP contribution in [-0.4, -0.2) is 16.9 Å². The Kier molecular flexibility index (Phi) is 4.01. The maximum Gasteiger partial charge on any atom is 0.236 e. The van der Waals surface area contributed by atoms with Crippen LogP contribution >= 0.6 is 11.9 Å². The molecule has 0 aliphatic rings. The third-order valence-corrected chi connectivity index (χ3v) is 2.49. The average molecular weight is 253 g/mol. The molecule has 0 saturated heterocycles. The predicted octanol–water partition coefficient (Wildman–Crippen LogP) is 2.84. The standard InChI is InChI=1S/C12H13ClN2O2/c1-15(9-11-3-2-6-16-11)8-10-4-5-12(17-13)14-7-10/h2-7H,8-9H2,1H3. The number of halogens is 1. The molecule has 0 spiro atoms. The molecule has 2 aromatic heterocycles. The molecule has 5 heteroatoms. The van der Waals surface area contributed by atoms with Gasteiger partial charge in [0.1, 0.15) is 17.6 Å². The van der Waals surface area contributed by atoms with Crippen LogP contribution in [0.15, 0.2) is 41.1 Å². The molecule has 0 aliphatic carbocycles. The van der Waals surface area contributed by atoms with E-state index in [1.54, 1.807) is 18.5 Å². The molecule has 0 fully saturated rings. The fourth-order valence-corrected chi connectivity index (χ4v) is 1.68. The first-order valence-electron chi connectivity index (χ1n) is 5.22. The zero-order chi connectivity index (χ0) is 12.1. The van der Waals surface area contributed by atoms with Gasteiger partial charge in [0.05, 0.1) is 12.8 Å². The van der Waals surface area contributed by atoms with Gasteiger partial charge in [-0.25, -0.2) is 4.98 Å². The number of hydrogen-bond donors (Lipinski definition) is 0. The van der Waals surface area contributed by atoms with Crippen LogP contribution in [-0.2, 0) is 13.1 Å². The van der Waals surface area contributed by atoms with Crippen LogP contribution in [0.4, 0.5) is 0 Å². The van der Waals surface area contributed by atoms with Crippen LogP contribution < -0.4 is 4.29 Å². The van der Waals surface area contributed by atoms with Gasteiger partial charge in [-0.1, -0.05) is 6.07 Å². The van der Waals surface area contributed by atoms with Gasteiger partial charge in [-0.05, 0) is 24.7 Å². The molecule has 0 unspecified atom stereocenters. The SMILES string of the molecule is CN(Cc1ccc(OCl)nc1)Cc1ccco1. The van der Waals surface area contributed by atoms with Crippen LogP contribution in [0, 0.1) is 0 Å². The summed E-state index contributed by atoms with van der Waals surface area (Å²) in [7, 11) is 2.02. The van der Waals surface area contributed by atoms with Crippen molar-refractivity contribution in [1.82, 2.24) is 9.88 Å². The first-order valence-corrected chi connectivity index (χ1v) is 5.53. The molecule has 0 saturated carbocycles. The highest BCUT2D eigenvalue weighted by atomic mass is 35.5. The molecule has 2 heterocycles. The van der Waals surface area contributed by atoms with E-state index in [-0.39, 0.29) is 0 Å². The molecule has 0 atom stereocenters. The summed E-state index contributed by atoms with van der Waals surface area (Å²) in [5.74, 6) is 1.35. The normalized spacial score (nSPS) is 10.8. The highest BCUT2D eigenvalue weighted by Gasteiger charge is 2.04. The highest BCUT2D eigenvalue weighted by Crippen LogP contribution is 2.11. The van der Waals surface area contributed by atoms with E-state index in [0.717, 1.165) is 24.4 Å². The summed E-state index contributed by atoms with van der Waals surface area (Å²) >= 11 is 5.19. The van der Waals surface area contributed by atoms with Gasteiger partial charge in [0.25, 0.3) is 0 Å². The van der Waals surface area contributed by atoms with E-state index in [0.29, 0.717) is 5.88 Å². The first kappa shape index (κ1) is 12.0. The van der Waals surface area contributed by atoms with Gasteiger partial charge in [-0.2, -0.15) is 0 Å². The monoisotopic (exact) mass is 252 g/mol. The van der Waals surface area contributed by atoms with Gasteiger partial charge in [-0.3, -0.25) is 4.90 Å². The summed E-state index contributed by atoms with van der Waals surface area (Å²) in [5.41, 5.74) is 1.09. The van der Waals surface area contributed by atoms with Gasteiger partial charge in [-0.15, -0.1) is 0 Å². The summed E-state index contributed by atoms with van der Waals surface area (Å²) in [5, 5.41) is 0. The fourth-order valence-electron chi connectivity index (χ4n) is 1.59. The van der Waals surface area contributed by atoms with Crippen molar-refractivity contribution in [3.63, 3.8) is 0 Å². The van der Waals surface area contributed by atoms with E-state index in [1.165, 1.54) is 0 Å². The van der Waals surface area contributed by atoms with Gasteiger partial charge < -0.3 is 8.71 Å². The van der Waals surface area contributed by atoms with Crippen LogP contribution in [0.3, 0.4) is 0 Å². The molecule has 0 bridgehead atoms. The molecule has 0 aliphatic heterocycles. The lowest BCUT2D eigenvalue weighted by Crippen LogP contribution is -2.16. The summed E-state index contributed by atoms with van der Waals surface area (Å²) in [6, 6.07) is 7.52. The third kappa shape index (κ3) is 3.47. The lowest BCUT2D eigenvalue weighted by Gasteiger charge is -2.14. The van der Waals surface area contributed by atoms with E-state index in [4.69, 9.17) is 16.3 Å². The summed E-state index contributed by atoms with van der Waals surface area (Å²) in [6.07, 6.45) is 3.42. The number of rotatable bonds is 5. The third-order valence-electron chi connectivity index (χ3n) is 2.33. The van der Waals surface area contributed by atoms with Gasteiger partial charge >= 0.3 is 0 Å². The van der Waals surface area contributed by atoms with Crippen molar-refractivity contribution in [2.45, 2.75) is 13.1 Å². The summed E-state index contributed by atoms with van der Waals surface area (Å²) in [6.45, 7) is 1.55. The molecule has 0 aromatic carbocycles. The fraction of sp³-hybridized carbons (Fsp3) is 0.250. The molecule has 0 amide bonds. The van der Waals surface area contributed by atoms with E-state index in [2.05, 4.69) is 14.2 Å². The zero-order valence-electron chi connectivity index (χ0n) is 9.47. The second-order valence-corrected chi connectivity index (χ2v) is 3.99. The molecule has 90 valence electrons. The minimum Gasteiger partial charge on any atom is -0.468 e. The smallest absolute Gasteiger partial charge is 0.236 e.